The number of benzene rings is 2. The monoisotopic (exact) mass is 520 g/mol. The Hall–Kier alpha value is -4.25. The van der Waals surface area contributed by atoms with Crippen molar-refractivity contribution in [2.45, 2.75) is 50.9 Å². The van der Waals surface area contributed by atoms with Gasteiger partial charge in [-0.05, 0) is 42.7 Å². The molecule has 2 atom stereocenters. The number of nitrogens with one attached hydrogen (secondary N) is 1. The summed E-state index contributed by atoms with van der Waals surface area (Å²) in [4.78, 5) is 57.2. The largest absolute Gasteiger partial charge is 0.480 e. The predicted octanol–water partition coefficient (Wildman–Crippen LogP) is 2.73. The molecule has 1 aromatic heterocycles. The maximum absolute atomic E-state index is 13.5. The van der Waals surface area contributed by atoms with Crippen LogP contribution in [0.2, 0.25) is 0 Å². The van der Waals surface area contributed by atoms with Crippen LogP contribution in [0.4, 0.5) is 4.79 Å². The average Bonchev–Trinajstić information content (AvgIpc) is 3.35. The summed E-state index contributed by atoms with van der Waals surface area (Å²) in [6.07, 6.45) is 2.35. The fourth-order valence-corrected chi connectivity index (χ4v) is 5.13. The van der Waals surface area contributed by atoms with Crippen LogP contribution in [-0.2, 0) is 20.9 Å². The van der Waals surface area contributed by atoms with Gasteiger partial charge in [0.05, 0.1) is 6.54 Å². The minimum Gasteiger partial charge on any atom is -0.480 e. The highest BCUT2D eigenvalue weighted by Gasteiger charge is 2.51. The van der Waals surface area contributed by atoms with Crippen molar-refractivity contribution in [1.29, 1.82) is 0 Å². The highest BCUT2D eigenvalue weighted by Crippen LogP contribution is 2.32. The molecule has 11 heteroatoms. The molecule has 1 saturated heterocycles. The van der Waals surface area contributed by atoms with E-state index in [9.17, 15) is 24.3 Å². The summed E-state index contributed by atoms with van der Waals surface area (Å²) >= 11 is 0. The molecule has 2 heterocycles. The smallest absolute Gasteiger partial charge is 0.329 e. The van der Waals surface area contributed by atoms with Crippen molar-refractivity contribution in [2.24, 2.45) is 5.92 Å². The normalized spacial score (nSPS) is 20.7. The Morgan fingerprint density at radius 3 is 2.42 bits per heavy atom. The number of carboxylic acids is 1. The number of aliphatic carboxylic acids is 1. The van der Waals surface area contributed by atoms with Crippen molar-refractivity contribution >= 4 is 34.9 Å². The molecule has 3 N–H and O–H groups in total. The third kappa shape index (κ3) is 4.97. The Morgan fingerprint density at radius 1 is 1.03 bits per heavy atom. The van der Waals surface area contributed by atoms with Gasteiger partial charge >= 0.3 is 12.0 Å². The first kappa shape index (κ1) is 25.4. The van der Waals surface area contributed by atoms with Crippen LogP contribution < -0.4 is 5.32 Å². The number of nitrogens with zero attached hydrogens (tertiary/aromatic N) is 3. The molecule has 0 spiro atoms. The van der Waals surface area contributed by atoms with E-state index in [0.717, 1.165) is 29.7 Å². The van der Waals surface area contributed by atoms with Crippen LogP contribution in [0, 0.1) is 5.92 Å². The summed E-state index contributed by atoms with van der Waals surface area (Å²) in [7, 11) is 0. The number of para-hydroxylation sites is 2. The third-order valence-electron chi connectivity index (χ3n) is 7.07. The third-order valence-corrected chi connectivity index (χ3v) is 7.07. The molecular weight excluding hydrogens is 492 g/mol. The van der Waals surface area contributed by atoms with Gasteiger partial charge in [-0.3, -0.25) is 24.2 Å². The molecule has 5 rings (SSSR count). The number of fused-ring (bicyclic) bond motifs is 1. The molecule has 2 aliphatic rings. The van der Waals surface area contributed by atoms with Gasteiger partial charge in [-0.25, -0.2) is 9.78 Å². The van der Waals surface area contributed by atoms with E-state index in [1.807, 2.05) is 24.3 Å². The van der Waals surface area contributed by atoms with E-state index in [2.05, 4.69) is 10.3 Å². The molecule has 1 aliphatic carbocycles. The van der Waals surface area contributed by atoms with E-state index < -0.39 is 42.5 Å². The van der Waals surface area contributed by atoms with Gasteiger partial charge < -0.3 is 19.9 Å². The van der Waals surface area contributed by atoms with E-state index in [4.69, 9.17) is 9.52 Å². The molecule has 2 aromatic carbocycles. The summed E-state index contributed by atoms with van der Waals surface area (Å²) in [5.41, 5.74) is 2.72. The van der Waals surface area contributed by atoms with E-state index in [0.29, 0.717) is 35.4 Å². The van der Waals surface area contributed by atoms with Crippen LogP contribution in [0.25, 0.3) is 22.6 Å². The number of hydrogen-bond donors (Lipinski definition) is 3. The Labute approximate surface area is 218 Å². The van der Waals surface area contributed by atoms with Crippen LogP contribution in [-0.4, -0.2) is 67.6 Å². The second kappa shape index (κ2) is 10.6. The molecule has 3 aromatic rings. The average molecular weight is 521 g/mol. The van der Waals surface area contributed by atoms with E-state index in [1.165, 1.54) is 4.90 Å². The Kier molecular flexibility index (Phi) is 7.10. The van der Waals surface area contributed by atoms with Gasteiger partial charge in [0.1, 0.15) is 12.1 Å². The molecule has 198 valence electrons. The van der Waals surface area contributed by atoms with Crippen molar-refractivity contribution in [2.75, 3.05) is 6.54 Å². The van der Waals surface area contributed by atoms with Crippen molar-refractivity contribution in [3.05, 3.63) is 54.1 Å². The number of amides is 4. The van der Waals surface area contributed by atoms with Crippen LogP contribution in [0.5, 0.6) is 0 Å². The van der Waals surface area contributed by atoms with Gasteiger partial charge in [-0.2, -0.15) is 0 Å². The minimum absolute atomic E-state index is 0.121. The van der Waals surface area contributed by atoms with Crippen molar-refractivity contribution in [3.63, 3.8) is 0 Å². The minimum atomic E-state index is -1.68. The highest BCUT2D eigenvalue weighted by atomic mass is 16.4. The predicted molar refractivity (Wildman–Crippen MR) is 134 cm³/mol. The number of carbonyl (C=O) groups excluding carboxylic acids is 3. The van der Waals surface area contributed by atoms with Crippen LogP contribution in [0.3, 0.4) is 0 Å². The van der Waals surface area contributed by atoms with Crippen molar-refractivity contribution in [1.82, 2.24) is 20.1 Å². The molecule has 2 fully saturated rings. The summed E-state index contributed by atoms with van der Waals surface area (Å²) < 4.78 is 5.80. The lowest BCUT2D eigenvalue weighted by molar-refractivity contribution is -0.161. The van der Waals surface area contributed by atoms with Crippen LogP contribution >= 0.6 is 0 Å². The highest BCUT2D eigenvalue weighted by molar-refractivity contribution is 6.09. The SMILES string of the molecule is O=C(O)CNC(=O)C1C(=O)N(Cc2ccc(-c3nc4ccccc4o3)cc2)C(=O)N(C2CCCCC2)C1O. The first-order valence-electron chi connectivity index (χ1n) is 12.6. The number of oxazole rings is 1. The zero-order chi connectivity index (χ0) is 26.8. The molecule has 0 radical (unpaired) electrons. The topological polar surface area (TPSA) is 153 Å². The standard InChI is InChI=1S/C27H28N4O7/c32-21(33)14-28-23(34)22-25(35)30(27(37)31(26(22)36)18-6-2-1-3-7-18)15-16-10-12-17(13-11-16)24-29-19-8-4-5-9-20(19)38-24/h4-5,8-13,18,22,26,36H,1-3,6-7,14-15H2,(H,28,34)(H,32,33). The van der Waals surface area contributed by atoms with Gasteiger partial charge in [-0.1, -0.05) is 43.5 Å². The molecule has 1 saturated carbocycles. The summed E-state index contributed by atoms with van der Waals surface area (Å²) in [5.74, 6) is -4.29. The first-order chi connectivity index (χ1) is 18.3. The number of hydrogen-bond acceptors (Lipinski definition) is 7. The second-order valence-corrected chi connectivity index (χ2v) is 9.59. The van der Waals surface area contributed by atoms with Gasteiger partial charge in [0, 0.05) is 11.6 Å². The zero-order valence-corrected chi connectivity index (χ0v) is 20.6. The van der Waals surface area contributed by atoms with Crippen LogP contribution in [0.1, 0.15) is 37.7 Å². The molecule has 2 unspecified atom stereocenters. The van der Waals surface area contributed by atoms with Crippen molar-refractivity contribution < 1.29 is 33.8 Å². The lowest BCUT2D eigenvalue weighted by Gasteiger charge is -2.46. The number of rotatable bonds is 7. The number of aliphatic hydroxyl groups is 1. The molecule has 1 aliphatic heterocycles. The molecular formula is C27H28N4O7. The Bertz CT molecular complexity index is 1330. The Balaban J connectivity index is 1.39. The number of imide groups is 1. The Morgan fingerprint density at radius 2 is 1.74 bits per heavy atom. The summed E-state index contributed by atoms with van der Waals surface area (Å²) in [6, 6.07) is 13.4. The van der Waals surface area contributed by atoms with Crippen LogP contribution in [0.15, 0.2) is 52.9 Å². The quantitative estimate of drug-likeness (QED) is 0.402. The van der Waals surface area contributed by atoms with E-state index in [-0.39, 0.29) is 12.6 Å². The maximum atomic E-state index is 13.5. The molecule has 0 bridgehead atoms. The fourth-order valence-electron chi connectivity index (χ4n) is 5.13. The maximum Gasteiger partial charge on any atom is 0.329 e. The molecule has 38 heavy (non-hydrogen) atoms. The van der Waals surface area contributed by atoms with Gasteiger partial charge in [0.15, 0.2) is 17.7 Å². The zero-order valence-electron chi connectivity index (χ0n) is 20.6. The summed E-state index contributed by atoms with van der Waals surface area (Å²) in [5, 5.41) is 22.1. The van der Waals surface area contributed by atoms with Gasteiger partial charge in [-0.15, -0.1) is 0 Å². The lowest BCUT2D eigenvalue weighted by Crippen LogP contribution is -2.67. The number of aliphatic hydroxyl groups excluding tert-OH is 1. The van der Waals surface area contributed by atoms with Gasteiger partial charge in [0.25, 0.3) is 0 Å². The number of urea groups is 1. The molecule has 4 amide bonds. The van der Waals surface area contributed by atoms with E-state index >= 15 is 0 Å². The second-order valence-electron chi connectivity index (χ2n) is 9.59. The fraction of sp³-hybridized carbons (Fsp3) is 0.370. The first-order valence-corrected chi connectivity index (χ1v) is 12.6. The van der Waals surface area contributed by atoms with Crippen molar-refractivity contribution in [3.8, 4) is 11.5 Å². The number of carboxylic acid groups (broad SMARTS) is 1. The van der Waals surface area contributed by atoms with E-state index in [1.54, 1.807) is 24.3 Å². The summed E-state index contributed by atoms with van der Waals surface area (Å²) in [6.45, 7) is -0.825. The lowest BCUT2D eigenvalue weighted by atomic mass is 9.91. The van der Waals surface area contributed by atoms with Gasteiger partial charge in [0.2, 0.25) is 17.7 Å². The number of aromatic nitrogens is 1. The number of carbonyl (C=O) groups is 4. The molecule has 11 nitrogen and oxygen atoms in total.